The number of methoxy groups -OCH3 is 1. The molecule has 88 valence electrons. The maximum Gasteiger partial charge on any atom is 0.135 e. The van der Waals surface area contributed by atoms with Gasteiger partial charge in [-0.05, 0) is 19.8 Å². The Balaban J connectivity index is 2.14. The molecule has 2 rings (SSSR count). The van der Waals surface area contributed by atoms with Gasteiger partial charge in [-0.3, -0.25) is 0 Å². The lowest BCUT2D eigenvalue weighted by molar-refractivity contribution is 0.218. The Bertz CT molecular complexity index is 380. The number of ether oxygens (including phenoxy) is 1. The first-order valence-electron chi connectivity index (χ1n) is 5.48. The highest BCUT2D eigenvalue weighted by molar-refractivity contribution is 7.99. The Morgan fingerprint density at radius 1 is 1.44 bits per heavy atom. The molecule has 0 aliphatic heterocycles. The molecule has 0 aromatic carbocycles. The molecule has 4 nitrogen and oxygen atoms in total. The molecular weight excluding hydrogens is 222 g/mol. The van der Waals surface area contributed by atoms with Crippen molar-refractivity contribution in [2.75, 3.05) is 25.2 Å². The third-order valence-corrected chi connectivity index (χ3v) is 3.67. The summed E-state index contributed by atoms with van der Waals surface area (Å²) in [7, 11) is 1.71. The molecule has 5 heteroatoms. The van der Waals surface area contributed by atoms with Crippen LogP contribution >= 0.6 is 11.8 Å². The maximum atomic E-state index is 5.90. The molecule has 0 atom stereocenters. The fraction of sp³-hybridized carbons (Fsp3) is 0.636. The van der Waals surface area contributed by atoms with Gasteiger partial charge in [0.2, 0.25) is 0 Å². The van der Waals surface area contributed by atoms with E-state index in [0.717, 1.165) is 28.8 Å². The van der Waals surface area contributed by atoms with Gasteiger partial charge in [0.1, 0.15) is 16.7 Å². The topological polar surface area (TPSA) is 61.0 Å². The summed E-state index contributed by atoms with van der Waals surface area (Å²) in [5.41, 5.74) is 6.89. The minimum atomic E-state index is 0.546. The molecule has 1 aliphatic carbocycles. The molecule has 0 spiro atoms. The van der Waals surface area contributed by atoms with E-state index in [0.29, 0.717) is 11.7 Å². The number of aromatic nitrogens is 2. The number of rotatable bonds is 5. The van der Waals surface area contributed by atoms with Crippen molar-refractivity contribution in [2.45, 2.75) is 30.7 Å². The Morgan fingerprint density at radius 2 is 2.19 bits per heavy atom. The van der Waals surface area contributed by atoms with Crippen molar-refractivity contribution in [3.8, 4) is 0 Å². The molecule has 16 heavy (non-hydrogen) atoms. The second-order valence-corrected chi connectivity index (χ2v) is 5.10. The first-order chi connectivity index (χ1) is 7.72. The lowest BCUT2D eigenvalue weighted by atomic mass is 10.3. The van der Waals surface area contributed by atoms with E-state index in [1.807, 2.05) is 6.92 Å². The molecule has 0 radical (unpaired) electrons. The van der Waals surface area contributed by atoms with Crippen LogP contribution in [-0.2, 0) is 4.74 Å². The highest BCUT2D eigenvalue weighted by Gasteiger charge is 2.27. The Labute approximate surface area is 100.0 Å². The summed E-state index contributed by atoms with van der Waals surface area (Å²) in [5, 5.41) is 1.01. The van der Waals surface area contributed by atoms with E-state index in [1.165, 1.54) is 12.8 Å². The van der Waals surface area contributed by atoms with Gasteiger partial charge in [-0.15, -0.1) is 11.8 Å². The molecule has 1 fully saturated rings. The van der Waals surface area contributed by atoms with Gasteiger partial charge in [-0.25, -0.2) is 9.97 Å². The number of nitrogens with two attached hydrogens (primary N) is 1. The summed E-state index contributed by atoms with van der Waals surface area (Å²) in [4.78, 5) is 8.93. The number of nitrogen functional groups attached to an aromatic ring is 1. The van der Waals surface area contributed by atoms with Gasteiger partial charge in [0.05, 0.1) is 6.61 Å². The van der Waals surface area contributed by atoms with E-state index in [4.69, 9.17) is 10.5 Å². The zero-order valence-corrected chi connectivity index (χ0v) is 10.5. The van der Waals surface area contributed by atoms with Crippen LogP contribution in [0.25, 0.3) is 0 Å². The van der Waals surface area contributed by atoms with Crippen LogP contribution in [0.3, 0.4) is 0 Å². The van der Waals surface area contributed by atoms with E-state index in [9.17, 15) is 0 Å². The number of nitrogens with zero attached hydrogens (tertiary/aromatic N) is 2. The van der Waals surface area contributed by atoms with Crippen molar-refractivity contribution >= 4 is 17.6 Å². The molecule has 0 saturated heterocycles. The SMILES string of the molecule is COCCSc1nc(C2CC2)nc(N)c1C. The Kier molecular flexibility index (Phi) is 3.66. The standard InChI is InChI=1S/C11H17N3OS/c1-7-9(12)13-10(8-3-4-8)14-11(7)16-6-5-15-2/h8H,3-6H2,1-2H3,(H2,12,13,14). The zero-order valence-electron chi connectivity index (χ0n) is 9.69. The largest absolute Gasteiger partial charge is 0.384 e. The van der Waals surface area contributed by atoms with Crippen molar-refractivity contribution < 1.29 is 4.74 Å². The van der Waals surface area contributed by atoms with Gasteiger partial charge in [-0.2, -0.15) is 0 Å². The molecule has 1 aromatic rings. The van der Waals surface area contributed by atoms with Gasteiger partial charge in [0, 0.05) is 24.3 Å². The lowest BCUT2D eigenvalue weighted by Crippen LogP contribution is -2.04. The van der Waals surface area contributed by atoms with Gasteiger partial charge in [-0.1, -0.05) is 0 Å². The van der Waals surface area contributed by atoms with Gasteiger partial charge < -0.3 is 10.5 Å². The van der Waals surface area contributed by atoms with Gasteiger partial charge in [0.15, 0.2) is 0 Å². The third-order valence-electron chi connectivity index (χ3n) is 2.62. The van der Waals surface area contributed by atoms with Crippen LogP contribution in [0.1, 0.15) is 30.1 Å². The Morgan fingerprint density at radius 3 is 2.81 bits per heavy atom. The molecule has 1 saturated carbocycles. The summed E-state index contributed by atoms with van der Waals surface area (Å²) < 4.78 is 5.03. The third kappa shape index (κ3) is 2.65. The molecule has 1 heterocycles. The lowest BCUT2D eigenvalue weighted by Gasteiger charge is -2.08. The molecule has 1 aromatic heterocycles. The van der Waals surface area contributed by atoms with Crippen LogP contribution in [0.2, 0.25) is 0 Å². The smallest absolute Gasteiger partial charge is 0.135 e. The summed E-state index contributed by atoms with van der Waals surface area (Å²) in [6.07, 6.45) is 2.40. The highest BCUT2D eigenvalue weighted by Crippen LogP contribution is 2.39. The predicted octanol–water partition coefficient (Wildman–Crippen LogP) is 1.98. The van der Waals surface area contributed by atoms with E-state index in [1.54, 1.807) is 18.9 Å². The second-order valence-electron chi connectivity index (χ2n) is 4.01. The number of thioether (sulfide) groups is 1. The summed E-state index contributed by atoms with van der Waals surface area (Å²) >= 11 is 1.69. The fourth-order valence-electron chi connectivity index (χ4n) is 1.42. The normalized spacial score (nSPS) is 15.4. The van der Waals surface area contributed by atoms with Crippen molar-refractivity contribution in [1.29, 1.82) is 0 Å². The average Bonchev–Trinajstić information content (AvgIpc) is 3.08. The van der Waals surface area contributed by atoms with Crippen LogP contribution < -0.4 is 5.73 Å². The number of hydrogen-bond donors (Lipinski definition) is 1. The minimum Gasteiger partial charge on any atom is -0.384 e. The van der Waals surface area contributed by atoms with Crippen molar-refractivity contribution in [2.24, 2.45) is 0 Å². The summed E-state index contributed by atoms with van der Waals surface area (Å²) in [5.74, 6) is 2.99. The van der Waals surface area contributed by atoms with Crippen LogP contribution in [-0.4, -0.2) is 29.4 Å². The molecule has 1 aliphatic rings. The van der Waals surface area contributed by atoms with Crippen molar-refractivity contribution in [3.63, 3.8) is 0 Å². The van der Waals surface area contributed by atoms with Crippen molar-refractivity contribution in [3.05, 3.63) is 11.4 Å². The summed E-state index contributed by atoms with van der Waals surface area (Å²) in [6.45, 7) is 2.70. The molecule has 2 N–H and O–H groups in total. The van der Waals surface area contributed by atoms with Gasteiger partial charge >= 0.3 is 0 Å². The van der Waals surface area contributed by atoms with Gasteiger partial charge in [0.25, 0.3) is 0 Å². The van der Waals surface area contributed by atoms with E-state index >= 15 is 0 Å². The summed E-state index contributed by atoms with van der Waals surface area (Å²) in [6, 6.07) is 0. The fourth-order valence-corrected chi connectivity index (χ4v) is 2.34. The van der Waals surface area contributed by atoms with Crippen molar-refractivity contribution in [1.82, 2.24) is 9.97 Å². The average molecular weight is 239 g/mol. The van der Waals surface area contributed by atoms with Crippen LogP contribution in [0.5, 0.6) is 0 Å². The molecular formula is C11H17N3OS. The Hall–Kier alpha value is -0.810. The first kappa shape index (κ1) is 11.7. The molecule has 0 amide bonds. The predicted molar refractivity (Wildman–Crippen MR) is 65.8 cm³/mol. The minimum absolute atomic E-state index is 0.546. The first-order valence-corrected chi connectivity index (χ1v) is 6.46. The molecule has 0 unspecified atom stereocenters. The monoisotopic (exact) mass is 239 g/mol. The zero-order chi connectivity index (χ0) is 11.5. The molecule has 0 bridgehead atoms. The van der Waals surface area contributed by atoms with E-state index < -0.39 is 0 Å². The van der Waals surface area contributed by atoms with Crippen LogP contribution in [0.4, 0.5) is 5.82 Å². The quantitative estimate of drug-likeness (QED) is 0.483. The second kappa shape index (κ2) is 5.01. The maximum absolute atomic E-state index is 5.90. The van der Waals surface area contributed by atoms with Crippen LogP contribution in [0.15, 0.2) is 5.03 Å². The van der Waals surface area contributed by atoms with E-state index in [-0.39, 0.29) is 0 Å². The van der Waals surface area contributed by atoms with E-state index in [2.05, 4.69) is 9.97 Å². The number of hydrogen-bond acceptors (Lipinski definition) is 5. The number of anilines is 1. The van der Waals surface area contributed by atoms with Crippen LogP contribution in [0, 0.1) is 6.92 Å². The highest BCUT2D eigenvalue weighted by atomic mass is 32.2.